The molecular weight excluding hydrogens is 460 g/mol. The van der Waals surface area contributed by atoms with Gasteiger partial charge in [-0.15, -0.1) is 0 Å². The van der Waals surface area contributed by atoms with Crippen molar-refractivity contribution in [2.75, 3.05) is 44.8 Å². The summed E-state index contributed by atoms with van der Waals surface area (Å²) < 4.78 is 10.2. The number of anilines is 1. The lowest BCUT2D eigenvalue weighted by atomic mass is 9.96. The zero-order chi connectivity index (χ0) is 25.2. The first-order chi connectivity index (χ1) is 17.6. The molecular formula is C27H36N4O5. The number of hydrogen-bond donors (Lipinski definition) is 3. The molecule has 3 N–H and O–H groups in total. The van der Waals surface area contributed by atoms with Gasteiger partial charge in [0.1, 0.15) is 5.82 Å². The minimum Gasteiger partial charge on any atom is -0.481 e. The minimum absolute atomic E-state index is 0.0108. The van der Waals surface area contributed by atoms with E-state index >= 15 is 0 Å². The summed E-state index contributed by atoms with van der Waals surface area (Å²) in [5.74, 6) is 1.82. The van der Waals surface area contributed by atoms with Gasteiger partial charge in [0.15, 0.2) is 11.5 Å². The van der Waals surface area contributed by atoms with Gasteiger partial charge < -0.3 is 30.1 Å². The summed E-state index contributed by atoms with van der Waals surface area (Å²) in [5, 5.41) is 14.8. The predicted octanol–water partition coefficient (Wildman–Crippen LogP) is 3.09. The van der Waals surface area contributed by atoms with Crippen molar-refractivity contribution in [1.29, 1.82) is 0 Å². The Bertz CT molecular complexity index is 1010. The Balaban J connectivity index is 0.000000280. The van der Waals surface area contributed by atoms with Gasteiger partial charge >= 0.3 is 5.97 Å². The maximum Gasteiger partial charge on any atom is 0.305 e. The number of pyridine rings is 1. The van der Waals surface area contributed by atoms with Crippen LogP contribution < -0.4 is 20.1 Å². The van der Waals surface area contributed by atoms with Gasteiger partial charge in [-0.25, -0.2) is 4.98 Å². The molecule has 194 valence electrons. The van der Waals surface area contributed by atoms with Crippen LogP contribution >= 0.6 is 0 Å². The van der Waals surface area contributed by atoms with Gasteiger partial charge in [0, 0.05) is 25.3 Å². The van der Waals surface area contributed by atoms with E-state index < -0.39 is 5.97 Å². The van der Waals surface area contributed by atoms with E-state index in [-0.39, 0.29) is 24.8 Å². The van der Waals surface area contributed by atoms with Crippen molar-refractivity contribution in [2.45, 2.75) is 44.9 Å². The Hall–Kier alpha value is -3.33. The molecule has 0 radical (unpaired) electrons. The molecule has 0 spiro atoms. The SMILES string of the molecule is O=C(O)CCNC(=O)[C@@H]1CCCN(CCCc2ccc3c(n2)NCCC3)C1.c1ccc2c(c1)OCO2. The maximum atomic E-state index is 12.2. The number of nitrogens with zero attached hydrogens (tertiary/aromatic N) is 2. The van der Waals surface area contributed by atoms with Crippen molar-refractivity contribution in [3.8, 4) is 11.5 Å². The Kier molecular flexibility index (Phi) is 9.38. The Morgan fingerprint density at radius 2 is 1.94 bits per heavy atom. The maximum absolute atomic E-state index is 12.2. The Morgan fingerprint density at radius 1 is 1.14 bits per heavy atom. The number of para-hydroxylation sites is 2. The molecule has 0 unspecified atom stereocenters. The van der Waals surface area contributed by atoms with E-state index in [1.807, 2.05) is 24.3 Å². The summed E-state index contributed by atoms with van der Waals surface area (Å²) in [7, 11) is 0. The van der Waals surface area contributed by atoms with Crippen LogP contribution in [0, 0.1) is 5.92 Å². The molecule has 0 bridgehead atoms. The molecule has 5 rings (SSSR count). The normalized spacial score (nSPS) is 18.3. The van der Waals surface area contributed by atoms with Crippen LogP contribution in [0.5, 0.6) is 11.5 Å². The van der Waals surface area contributed by atoms with Gasteiger partial charge in [-0.05, 0) is 75.4 Å². The zero-order valence-corrected chi connectivity index (χ0v) is 20.7. The highest BCUT2D eigenvalue weighted by Crippen LogP contribution is 2.30. The van der Waals surface area contributed by atoms with Gasteiger partial charge in [0.2, 0.25) is 12.7 Å². The molecule has 9 nitrogen and oxygen atoms in total. The number of fused-ring (bicyclic) bond motifs is 2. The number of ether oxygens (including phenoxy) is 2. The largest absolute Gasteiger partial charge is 0.481 e. The number of nitrogens with one attached hydrogen (secondary N) is 2. The number of benzene rings is 1. The summed E-state index contributed by atoms with van der Waals surface area (Å²) in [4.78, 5) is 29.9. The fourth-order valence-electron chi connectivity index (χ4n) is 4.75. The summed E-state index contributed by atoms with van der Waals surface area (Å²) in [6.45, 7) is 4.33. The smallest absolute Gasteiger partial charge is 0.305 e. The number of carboxylic acid groups (broad SMARTS) is 1. The van der Waals surface area contributed by atoms with E-state index in [4.69, 9.17) is 19.6 Å². The highest BCUT2D eigenvalue weighted by Gasteiger charge is 2.25. The Morgan fingerprint density at radius 3 is 2.72 bits per heavy atom. The van der Waals surface area contributed by atoms with Crippen LogP contribution in [0.1, 0.15) is 43.4 Å². The lowest BCUT2D eigenvalue weighted by Gasteiger charge is -2.32. The molecule has 1 aromatic heterocycles. The van der Waals surface area contributed by atoms with Crippen LogP contribution in [0.15, 0.2) is 36.4 Å². The number of carbonyl (C=O) groups is 2. The standard InChI is InChI=1S/C20H30N4O3.C7H6O2/c25-18(26)9-11-22-20(27)16-5-2-12-24(14-16)13-3-6-17-8-7-15-4-1-10-21-19(15)23-17;1-2-4-7-6(3-1)8-5-9-7/h7-8,16H,1-6,9-14H2,(H,21,23)(H,22,27)(H,25,26);1-4H,5H2/t16-;/m1./s1. The predicted molar refractivity (Wildman–Crippen MR) is 136 cm³/mol. The van der Waals surface area contributed by atoms with E-state index in [1.54, 1.807) is 0 Å². The minimum atomic E-state index is -0.883. The zero-order valence-electron chi connectivity index (χ0n) is 20.7. The summed E-state index contributed by atoms with van der Waals surface area (Å²) >= 11 is 0. The highest BCUT2D eigenvalue weighted by atomic mass is 16.7. The number of rotatable bonds is 8. The molecule has 1 fully saturated rings. The second-order valence-electron chi connectivity index (χ2n) is 9.37. The second-order valence-corrected chi connectivity index (χ2v) is 9.37. The van der Waals surface area contributed by atoms with Crippen LogP contribution in [0.4, 0.5) is 5.82 Å². The molecule has 1 aromatic carbocycles. The number of aliphatic carboxylic acids is 1. The number of carboxylic acids is 1. The molecule has 0 saturated carbocycles. The molecule has 2 aromatic rings. The first-order valence-electron chi connectivity index (χ1n) is 12.9. The third-order valence-electron chi connectivity index (χ3n) is 6.65. The van der Waals surface area contributed by atoms with Crippen molar-refractivity contribution in [1.82, 2.24) is 15.2 Å². The van der Waals surface area contributed by atoms with Gasteiger partial charge in [-0.3, -0.25) is 9.59 Å². The number of aryl methyl sites for hydroxylation is 2. The van der Waals surface area contributed by atoms with E-state index in [9.17, 15) is 9.59 Å². The number of piperidine rings is 1. The van der Waals surface area contributed by atoms with E-state index in [0.717, 1.165) is 81.3 Å². The molecule has 1 atom stereocenters. The third-order valence-corrected chi connectivity index (χ3v) is 6.65. The van der Waals surface area contributed by atoms with Crippen LogP contribution in [-0.2, 0) is 22.4 Å². The Labute approximate surface area is 212 Å². The van der Waals surface area contributed by atoms with Crippen molar-refractivity contribution in [3.05, 3.63) is 47.7 Å². The molecule has 1 saturated heterocycles. The lowest BCUT2D eigenvalue weighted by molar-refractivity contribution is -0.137. The molecule has 3 aliphatic heterocycles. The van der Waals surface area contributed by atoms with Crippen molar-refractivity contribution in [3.63, 3.8) is 0 Å². The molecule has 1 amide bonds. The molecule has 36 heavy (non-hydrogen) atoms. The molecule has 0 aliphatic carbocycles. The van der Waals surface area contributed by atoms with Crippen LogP contribution in [0.25, 0.3) is 0 Å². The number of hydrogen-bond acceptors (Lipinski definition) is 7. The van der Waals surface area contributed by atoms with Crippen molar-refractivity contribution in [2.24, 2.45) is 5.92 Å². The summed E-state index contributed by atoms with van der Waals surface area (Å²) in [6.07, 6.45) is 6.13. The quantitative estimate of drug-likeness (QED) is 0.511. The molecule has 9 heteroatoms. The number of amides is 1. The van der Waals surface area contributed by atoms with Crippen LogP contribution in [0.3, 0.4) is 0 Å². The average molecular weight is 497 g/mol. The first kappa shape index (κ1) is 25.8. The highest BCUT2D eigenvalue weighted by molar-refractivity contribution is 5.79. The number of carbonyl (C=O) groups excluding carboxylic acids is 1. The second kappa shape index (κ2) is 13.1. The van der Waals surface area contributed by atoms with Crippen LogP contribution in [0.2, 0.25) is 0 Å². The van der Waals surface area contributed by atoms with E-state index in [2.05, 4.69) is 27.7 Å². The van der Waals surface area contributed by atoms with Gasteiger partial charge in [-0.2, -0.15) is 0 Å². The lowest BCUT2D eigenvalue weighted by Crippen LogP contribution is -2.43. The fraction of sp³-hybridized carbons (Fsp3) is 0.519. The average Bonchev–Trinajstić information content (AvgIpc) is 3.38. The topological polar surface area (TPSA) is 113 Å². The van der Waals surface area contributed by atoms with Crippen LogP contribution in [-0.4, -0.2) is 66.4 Å². The third kappa shape index (κ3) is 7.58. The summed E-state index contributed by atoms with van der Waals surface area (Å²) in [5.41, 5.74) is 2.45. The monoisotopic (exact) mass is 496 g/mol. The number of aromatic nitrogens is 1. The fourth-order valence-corrected chi connectivity index (χ4v) is 4.75. The van der Waals surface area contributed by atoms with E-state index in [1.165, 1.54) is 12.0 Å². The molecule has 4 heterocycles. The first-order valence-corrected chi connectivity index (χ1v) is 12.9. The van der Waals surface area contributed by atoms with Crippen molar-refractivity contribution < 1.29 is 24.2 Å². The number of likely N-dealkylation sites (tertiary alicyclic amines) is 1. The van der Waals surface area contributed by atoms with Gasteiger partial charge in [0.05, 0.1) is 12.3 Å². The van der Waals surface area contributed by atoms with Gasteiger partial charge in [0.25, 0.3) is 0 Å². The molecule has 3 aliphatic rings. The van der Waals surface area contributed by atoms with Crippen molar-refractivity contribution >= 4 is 17.7 Å². The summed E-state index contributed by atoms with van der Waals surface area (Å²) in [6, 6.07) is 12.0. The van der Waals surface area contributed by atoms with E-state index in [0.29, 0.717) is 6.79 Å². The van der Waals surface area contributed by atoms with Gasteiger partial charge in [-0.1, -0.05) is 18.2 Å².